The van der Waals surface area contributed by atoms with Gasteiger partial charge in [-0.15, -0.1) is 0 Å². The number of aromatic amines is 1. The minimum absolute atomic E-state index is 0.151. The maximum Gasteiger partial charge on any atom is 0.330 e. The number of hydrogen-bond acceptors (Lipinski definition) is 7. The Balaban J connectivity index is 2.34. The van der Waals surface area contributed by atoms with Crippen molar-refractivity contribution in [1.82, 2.24) is 9.55 Å². The zero-order chi connectivity index (χ0) is 14.2. The number of H-pyrrole nitrogens is 1. The monoisotopic (exact) mass is 272 g/mol. The van der Waals surface area contributed by atoms with Crippen LogP contribution in [0.25, 0.3) is 0 Å². The first-order chi connectivity index (χ1) is 8.95. The summed E-state index contributed by atoms with van der Waals surface area (Å²) in [5.74, 6) is 0. The summed E-state index contributed by atoms with van der Waals surface area (Å²) in [5.41, 5.74) is -1.47. The number of aliphatic hydroxyl groups excluding tert-OH is 3. The molecule has 1 aliphatic heterocycles. The van der Waals surface area contributed by atoms with E-state index in [0.29, 0.717) is 0 Å². The Morgan fingerprint density at radius 2 is 2.05 bits per heavy atom. The van der Waals surface area contributed by atoms with Gasteiger partial charge in [0.2, 0.25) is 0 Å². The molecule has 1 unspecified atom stereocenters. The molecule has 1 aromatic heterocycles. The van der Waals surface area contributed by atoms with Crippen LogP contribution >= 0.6 is 0 Å². The van der Waals surface area contributed by atoms with Gasteiger partial charge in [-0.05, 0) is 0 Å². The highest BCUT2D eigenvalue weighted by Gasteiger charge is 2.47. The maximum atomic E-state index is 11.5. The fourth-order valence-electron chi connectivity index (χ4n) is 1.90. The molecule has 1 fully saturated rings. The lowest BCUT2D eigenvalue weighted by Gasteiger charge is -2.17. The fraction of sp³-hybridized carbons (Fsp3) is 0.500. The van der Waals surface area contributed by atoms with Crippen molar-refractivity contribution in [3.8, 4) is 0 Å². The van der Waals surface area contributed by atoms with E-state index in [2.05, 4.69) is 0 Å². The molecule has 5 atom stereocenters. The first-order valence-electron chi connectivity index (χ1n) is 5.42. The van der Waals surface area contributed by atoms with E-state index in [-0.39, 0.29) is 6.29 Å². The molecule has 0 saturated carbocycles. The zero-order valence-electron chi connectivity index (χ0n) is 9.54. The van der Waals surface area contributed by atoms with Gasteiger partial charge >= 0.3 is 5.69 Å². The number of aromatic nitrogens is 2. The highest BCUT2D eigenvalue weighted by Crippen LogP contribution is 2.29. The summed E-state index contributed by atoms with van der Waals surface area (Å²) in [4.78, 5) is 34.9. The lowest BCUT2D eigenvalue weighted by Crippen LogP contribution is -2.39. The number of rotatable bonds is 3. The number of hydrogen-bond donors (Lipinski definition) is 4. The molecule has 1 aliphatic rings. The summed E-state index contributed by atoms with van der Waals surface area (Å²) in [7, 11) is 0. The Morgan fingerprint density at radius 3 is 2.63 bits per heavy atom. The average molecular weight is 272 g/mol. The van der Waals surface area contributed by atoms with Crippen LogP contribution in [0.4, 0.5) is 0 Å². The second-order valence-corrected chi connectivity index (χ2v) is 4.12. The van der Waals surface area contributed by atoms with Crippen molar-refractivity contribution in [1.29, 1.82) is 0 Å². The summed E-state index contributed by atoms with van der Waals surface area (Å²) in [6, 6.07) is 1.04. The SMILES string of the molecule is O=CC(O)[C@H]1O[C@@H](n2ccc(=O)[nH]c2=O)[C@H](O)[C@@H]1O. The van der Waals surface area contributed by atoms with Gasteiger partial charge in [-0.25, -0.2) is 4.79 Å². The molecule has 104 valence electrons. The van der Waals surface area contributed by atoms with E-state index < -0.39 is 41.9 Å². The molecule has 2 rings (SSSR count). The smallest absolute Gasteiger partial charge is 0.330 e. The second-order valence-electron chi connectivity index (χ2n) is 4.12. The zero-order valence-corrected chi connectivity index (χ0v) is 9.54. The predicted octanol–water partition coefficient (Wildman–Crippen LogP) is -3.28. The molecule has 0 amide bonds. The van der Waals surface area contributed by atoms with Gasteiger partial charge in [-0.1, -0.05) is 0 Å². The summed E-state index contributed by atoms with van der Waals surface area (Å²) in [6.07, 6.45) is -6.12. The van der Waals surface area contributed by atoms with E-state index in [0.717, 1.165) is 16.8 Å². The lowest BCUT2D eigenvalue weighted by atomic mass is 10.1. The Labute approximate surface area is 105 Å². The molecular formula is C10H12N2O7. The predicted molar refractivity (Wildman–Crippen MR) is 59.3 cm³/mol. The highest BCUT2D eigenvalue weighted by atomic mass is 16.6. The first kappa shape index (κ1) is 13.6. The Kier molecular flexibility index (Phi) is 3.62. The number of carbonyl (C=O) groups excluding carboxylic acids is 1. The van der Waals surface area contributed by atoms with E-state index in [1.807, 2.05) is 4.98 Å². The lowest BCUT2D eigenvalue weighted by molar-refractivity contribution is -0.129. The third kappa shape index (κ3) is 2.36. The molecule has 9 heteroatoms. The second kappa shape index (κ2) is 5.05. The number of carbonyl (C=O) groups is 1. The summed E-state index contributed by atoms with van der Waals surface area (Å²) >= 11 is 0. The molecule has 1 saturated heterocycles. The van der Waals surface area contributed by atoms with Crippen molar-refractivity contribution in [2.75, 3.05) is 0 Å². The van der Waals surface area contributed by atoms with Gasteiger partial charge in [0.25, 0.3) is 5.56 Å². The molecule has 9 nitrogen and oxygen atoms in total. The van der Waals surface area contributed by atoms with Crippen LogP contribution in [0, 0.1) is 0 Å². The van der Waals surface area contributed by atoms with Gasteiger partial charge < -0.3 is 24.9 Å². The van der Waals surface area contributed by atoms with Gasteiger partial charge in [-0.2, -0.15) is 0 Å². The third-order valence-corrected chi connectivity index (χ3v) is 2.88. The van der Waals surface area contributed by atoms with Crippen LogP contribution in [-0.4, -0.2) is 55.6 Å². The fourth-order valence-corrected chi connectivity index (χ4v) is 1.90. The van der Waals surface area contributed by atoms with Crippen LogP contribution in [-0.2, 0) is 9.53 Å². The minimum atomic E-state index is -1.63. The van der Waals surface area contributed by atoms with E-state index >= 15 is 0 Å². The summed E-state index contributed by atoms with van der Waals surface area (Å²) in [5, 5.41) is 28.7. The Bertz CT molecular complexity index is 580. The van der Waals surface area contributed by atoms with E-state index in [1.165, 1.54) is 0 Å². The Hall–Kier alpha value is -1.81. The molecule has 19 heavy (non-hydrogen) atoms. The Morgan fingerprint density at radius 1 is 1.37 bits per heavy atom. The molecule has 4 N–H and O–H groups in total. The quantitative estimate of drug-likeness (QED) is 0.422. The molecule has 0 aromatic carbocycles. The van der Waals surface area contributed by atoms with Crippen LogP contribution in [0.3, 0.4) is 0 Å². The van der Waals surface area contributed by atoms with Crippen LogP contribution in [0.5, 0.6) is 0 Å². The van der Waals surface area contributed by atoms with Crippen LogP contribution < -0.4 is 11.2 Å². The third-order valence-electron chi connectivity index (χ3n) is 2.88. The van der Waals surface area contributed by atoms with Crippen molar-refractivity contribution < 1.29 is 24.9 Å². The number of ether oxygens (including phenoxy) is 1. The van der Waals surface area contributed by atoms with E-state index in [4.69, 9.17) is 4.74 Å². The van der Waals surface area contributed by atoms with Gasteiger partial charge in [0.05, 0.1) is 0 Å². The largest absolute Gasteiger partial charge is 0.387 e. The number of aldehydes is 1. The molecule has 2 heterocycles. The van der Waals surface area contributed by atoms with Crippen LogP contribution in [0.2, 0.25) is 0 Å². The molecule has 1 aromatic rings. The van der Waals surface area contributed by atoms with Crippen molar-refractivity contribution in [2.24, 2.45) is 0 Å². The summed E-state index contributed by atoms with van der Waals surface area (Å²) < 4.78 is 5.96. The van der Waals surface area contributed by atoms with E-state index in [1.54, 1.807) is 0 Å². The van der Waals surface area contributed by atoms with Crippen molar-refractivity contribution in [3.05, 3.63) is 33.1 Å². The van der Waals surface area contributed by atoms with Gasteiger partial charge in [-0.3, -0.25) is 14.3 Å². The van der Waals surface area contributed by atoms with Crippen molar-refractivity contribution in [2.45, 2.75) is 30.6 Å². The molecular weight excluding hydrogens is 260 g/mol. The molecule has 0 bridgehead atoms. The van der Waals surface area contributed by atoms with Crippen molar-refractivity contribution >= 4 is 6.29 Å². The highest BCUT2D eigenvalue weighted by molar-refractivity contribution is 5.57. The topological polar surface area (TPSA) is 142 Å². The number of nitrogens with zero attached hydrogens (tertiary/aromatic N) is 1. The van der Waals surface area contributed by atoms with Crippen molar-refractivity contribution in [3.63, 3.8) is 0 Å². The maximum absolute atomic E-state index is 11.5. The summed E-state index contributed by atoms with van der Waals surface area (Å²) in [6.45, 7) is 0. The minimum Gasteiger partial charge on any atom is -0.387 e. The molecule has 0 aliphatic carbocycles. The van der Waals surface area contributed by atoms with Crippen LogP contribution in [0.1, 0.15) is 6.23 Å². The van der Waals surface area contributed by atoms with E-state index in [9.17, 15) is 29.7 Å². The first-order valence-corrected chi connectivity index (χ1v) is 5.42. The van der Waals surface area contributed by atoms with Gasteiger partial charge in [0.15, 0.2) is 12.5 Å². The molecule has 0 radical (unpaired) electrons. The van der Waals surface area contributed by atoms with Gasteiger partial charge in [0, 0.05) is 12.3 Å². The van der Waals surface area contributed by atoms with Gasteiger partial charge in [0.1, 0.15) is 24.4 Å². The molecule has 0 spiro atoms. The van der Waals surface area contributed by atoms with Crippen LogP contribution in [0.15, 0.2) is 21.9 Å². The number of nitrogens with one attached hydrogen (secondary N) is 1. The average Bonchev–Trinajstić information content (AvgIpc) is 2.66. The normalized spacial score (nSPS) is 32.2. The standard InChI is InChI=1S/C10H12N2O7/c13-3-4(14)8-6(16)7(17)9(19-8)12-2-1-5(15)11-10(12)18/h1-4,6-9,14,16-17H,(H,11,15,18)/t4?,6-,7+,8+,9+/m0/s1. The number of aliphatic hydroxyl groups is 3.